The standard InChI is InChI=1S/C22H23N3O2.ClH/c1-2-16-5-7-17(8-6-16)20-9-10-21(27-20)22(26)25-13-12-24-15-19(25)18-4-3-11-23-14-18;/h3-11,14,19,24H,2,12-13,15H2,1H3;1H. The molecule has 1 N–H and O–H groups in total. The summed E-state index contributed by atoms with van der Waals surface area (Å²) in [5, 5.41) is 3.36. The molecule has 1 atom stereocenters. The molecule has 1 amide bonds. The van der Waals surface area contributed by atoms with E-state index in [0.717, 1.165) is 24.1 Å². The molecule has 3 aromatic rings. The van der Waals surface area contributed by atoms with E-state index in [-0.39, 0.29) is 24.4 Å². The van der Waals surface area contributed by atoms with E-state index in [1.165, 1.54) is 5.56 Å². The number of pyridine rings is 1. The Morgan fingerprint density at radius 2 is 2.04 bits per heavy atom. The molecule has 1 unspecified atom stereocenters. The van der Waals surface area contributed by atoms with Gasteiger partial charge in [-0.25, -0.2) is 0 Å². The highest BCUT2D eigenvalue weighted by Gasteiger charge is 2.30. The van der Waals surface area contributed by atoms with Gasteiger partial charge in [0, 0.05) is 37.6 Å². The molecule has 1 fully saturated rings. The molecule has 1 saturated heterocycles. The van der Waals surface area contributed by atoms with Gasteiger partial charge in [-0.2, -0.15) is 0 Å². The van der Waals surface area contributed by atoms with E-state index < -0.39 is 0 Å². The molecule has 1 aliphatic heterocycles. The van der Waals surface area contributed by atoms with Gasteiger partial charge in [0.1, 0.15) is 5.76 Å². The normalized spacial score (nSPS) is 16.5. The number of nitrogens with zero attached hydrogens (tertiary/aromatic N) is 2. The summed E-state index contributed by atoms with van der Waals surface area (Å²) in [4.78, 5) is 19.2. The lowest BCUT2D eigenvalue weighted by atomic mass is 10.1. The highest BCUT2D eigenvalue weighted by molar-refractivity contribution is 5.92. The Labute approximate surface area is 171 Å². The fraction of sp³-hybridized carbons (Fsp3) is 0.273. The number of hydrogen-bond acceptors (Lipinski definition) is 4. The van der Waals surface area contributed by atoms with E-state index in [1.54, 1.807) is 12.3 Å². The first kappa shape index (κ1) is 20.1. The number of piperazine rings is 1. The zero-order valence-corrected chi connectivity index (χ0v) is 16.6. The van der Waals surface area contributed by atoms with E-state index >= 15 is 0 Å². The van der Waals surface area contributed by atoms with Gasteiger partial charge in [0.2, 0.25) is 0 Å². The molecule has 146 valence electrons. The number of carbonyl (C=O) groups excluding carboxylic acids is 1. The predicted molar refractivity (Wildman–Crippen MR) is 112 cm³/mol. The first-order chi connectivity index (χ1) is 13.3. The maximum atomic E-state index is 13.1. The summed E-state index contributed by atoms with van der Waals surface area (Å²) >= 11 is 0. The molecule has 1 aliphatic rings. The fourth-order valence-electron chi connectivity index (χ4n) is 3.47. The van der Waals surface area contributed by atoms with Crippen LogP contribution in [0.5, 0.6) is 0 Å². The summed E-state index contributed by atoms with van der Waals surface area (Å²) in [5.74, 6) is 1.01. The first-order valence-corrected chi connectivity index (χ1v) is 9.37. The van der Waals surface area contributed by atoms with Gasteiger partial charge in [0.25, 0.3) is 5.91 Å². The van der Waals surface area contributed by atoms with Crippen molar-refractivity contribution in [2.75, 3.05) is 19.6 Å². The van der Waals surface area contributed by atoms with E-state index in [1.807, 2.05) is 41.4 Å². The Balaban J connectivity index is 0.00000225. The molecule has 4 rings (SSSR count). The minimum absolute atomic E-state index is 0. The van der Waals surface area contributed by atoms with Crippen LogP contribution in [-0.2, 0) is 6.42 Å². The van der Waals surface area contributed by atoms with Crippen molar-refractivity contribution in [3.8, 4) is 11.3 Å². The largest absolute Gasteiger partial charge is 0.451 e. The van der Waals surface area contributed by atoms with E-state index in [9.17, 15) is 4.79 Å². The fourth-order valence-corrected chi connectivity index (χ4v) is 3.47. The van der Waals surface area contributed by atoms with Crippen LogP contribution in [0, 0.1) is 0 Å². The van der Waals surface area contributed by atoms with Gasteiger partial charge < -0.3 is 14.6 Å². The van der Waals surface area contributed by atoms with Crippen LogP contribution in [0.3, 0.4) is 0 Å². The molecule has 3 heterocycles. The molecule has 0 spiro atoms. The second-order valence-corrected chi connectivity index (χ2v) is 6.72. The number of hydrogen-bond donors (Lipinski definition) is 1. The zero-order valence-electron chi connectivity index (χ0n) is 15.8. The van der Waals surface area contributed by atoms with Gasteiger partial charge in [0.05, 0.1) is 6.04 Å². The smallest absolute Gasteiger partial charge is 0.290 e. The Bertz CT molecular complexity index is 909. The van der Waals surface area contributed by atoms with Crippen molar-refractivity contribution in [2.24, 2.45) is 0 Å². The van der Waals surface area contributed by atoms with Gasteiger partial charge in [0.15, 0.2) is 5.76 Å². The van der Waals surface area contributed by atoms with Gasteiger partial charge in [-0.15, -0.1) is 12.4 Å². The monoisotopic (exact) mass is 397 g/mol. The molecule has 6 heteroatoms. The van der Waals surface area contributed by atoms with E-state index in [2.05, 4.69) is 29.4 Å². The Morgan fingerprint density at radius 1 is 1.21 bits per heavy atom. The zero-order chi connectivity index (χ0) is 18.6. The van der Waals surface area contributed by atoms with Crippen LogP contribution < -0.4 is 5.32 Å². The lowest BCUT2D eigenvalue weighted by Gasteiger charge is -2.35. The average molecular weight is 398 g/mol. The summed E-state index contributed by atoms with van der Waals surface area (Å²) < 4.78 is 5.92. The summed E-state index contributed by atoms with van der Waals surface area (Å²) in [6.45, 7) is 4.25. The number of aryl methyl sites for hydroxylation is 1. The van der Waals surface area contributed by atoms with Gasteiger partial charge >= 0.3 is 0 Å². The van der Waals surface area contributed by atoms with E-state index in [0.29, 0.717) is 24.6 Å². The average Bonchev–Trinajstić information content (AvgIpc) is 3.24. The second kappa shape index (κ2) is 9.04. The van der Waals surface area contributed by atoms with Crippen LogP contribution >= 0.6 is 12.4 Å². The Morgan fingerprint density at radius 3 is 2.75 bits per heavy atom. The van der Waals surface area contributed by atoms with Crippen LogP contribution in [0.15, 0.2) is 65.3 Å². The number of rotatable bonds is 4. The van der Waals surface area contributed by atoms with Gasteiger partial charge in [-0.05, 0) is 35.7 Å². The Hall–Kier alpha value is -2.63. The molecular formula is C22H24ClN3O2. The number of nitrogens with one attached hydrogen (secondary N) is 1. The number of amides is 1. The third-order valence-corrected chi connectivity index (χ3v) is 5.04. The van der Waals surface area contributed by atoms with Crippen molar-refractivity contribution in [2.45, 2.75) is 19.4 Å². The third-order valence-electron chi connectivity index (χ3n) is 5.04. The van der Waals surface area contributed by atoms with Gasteiger partial charge in [-0.3, -0.25) is 9.78 Å². The van der Waals surface area contributed by atoms with Crippen LogP contribution in [0.25, 0.3) is 11.3 Å². The Kier molecular flexibility index (Phi) is 6.49. The summed E-state index contributed by atoms with van der Waals surface area (Å²) in [5.41, 5.74) is 3.29. The molecular weight excluding hydrogens is 374 g/mol. The quantitative estimate of drug-likeness (QED) is 0.719. The van der Waals surface area contributed by atoms with Crippen molar-refractivity contribution >= 4 is 18.3 Å². The molecule has 0 radical (unpaired) electrons. The van der Waals surface area contributed by atoms with Crippen LogP contribution in [0.2, 0.25) is 0 Å². The molecule has 0 aliphatic carbocycles. The molecule has 2 aromatic heterocycles. The molecule has 0 saturated carbocycles. The van der Waals surface area contributed by atoms with E-state index in [4.69, 9.17) is 4.42 Å². The van der Waals surface area contributed by atoms with Crippen LogP contribution in [0.1, 0.15) is 34.6 Å². The maximum absolute atomic E-state index is 13.1. The van der Waals surface area contributed by atoms with Crippen molar-refractivity contribution in [1.29, 1.82) is 0 Å². The van der Waals surface area contributed by atoms with Crippen molar-refractivity contribution < 1.29 is 9.21 Å². The third kappa shape index (κ3) is 4.11. The highest BCUT2D eigenvalue weighted by atomic mass is 35.5. The number of aromatic nitrogens is 1. The summed E-state index contributed by atoms with van der Waals surface area (Å²) in [6.07, 6.45) is 4.57. The minimum atomic E-state index is -0.0817. The van der Waals surface area contributed by atoms with Crippen molar-refractivity contribution in [3.63, 3.8) is 0 Å². The van der Waals surface area contributed by atoms with Crippen molar-refractivity contribution in [3.05, 3.63) is 77.8 Å². The number of carbonyl (C=O) groups is 1. The molecule has 1 aromatic carbocycles. The molecule has 28 heavy (non-hydrogen) atoms. The maximum Gasteiger partial charge on any atom is 0.290 e. The minimum Gasteiger partial charge on any atom is -0.451 e. The van der Waals surface area contributed by atoms with Gasteiger partial charge in [-0.1, -0.05) is 37.3 Å². The topological polar surface area (TPSA) is 58.4 Å². The second-order valence-electron chi connectivity index (χ2n) is 6.72. The van der Waals surface area contributed by atoms with Crippen LogP contribution in [0.4, 0.5) is 0 Å². The molecule has 0 bridgehead atoms. The van der Waals surface area contributed by atoms with Crippen LogP contribution in [-0.4, -0.2) is 35.4 Å². The number of furan rings is 1. The van der Waals surface area contributed by atoms with Crippen molar-refractivity contribution in [1.82, 2.24) is 15.2 Å². The first-order valence-electron chi connectivity index (χ1n) is 9.37. The number of halogens is 1. The number of benzene rings is 1. The predicted octanol–water partition coefficient (Wildman–Crippen LogP) is 4.11. The SMILES string of the molecule is CCc1ccc(-c2ccc(C(=O)N3CCNCC3c3cccnc3)o2)cc1.Cl. The summed E-state index contributed by atoms with van der Waals surface area (Å²) in [6, 6.07) is 15.8. The highest BCUT2D eigenvalue weighted by Crippen LogP contribution is 2.27. The lowest BCUT2D eigenvalue weighted by Crippen LogP contribution is -2.48. The molecule has 5 nitrogen and oxygen atoms in total. The lowest BCUT2D eigenvalue weighted by molar-refractivity contribution is 0.0602. The summed E-state index contributed by atoms with van der Waals surface area (Å²) in [7, 11) is 0.